The van der Waals surface area contributed by atoms with Gasteiger partial charge in [0.15, 0.2) is 0 Å². The molecule has 1 aromatic heterocycles. The molecule has 0 radical (unpaired) electrons. The van der Waals surface area contributed by atoms with Gasteiger partial charge in [0, 0.05) is 17.1 Å². The molecule has 2 nitrogen and oxygen atoms in total. The molecule has 0 spiro atoms. The van der Waals surface area contributed by atoms with Crippen LogP contribution in [0, 0.1) is 6.92 Å². The first-order chi connectivity index (χ1) is 6.61. The van der Waals surface area contributed by atoms with Crippen molar-refractivity contribution < 1.29 is 0 Å². The van der Waals surface area contributed by atoms with Crippen molar-refractivity contribution in [1.82, 2.24) is 9.78 Å². The number of nitrogens with zero attached hydrogens (tertiary/aromatic N) is 2. The second-order valence-electron chi connectivity index (χ2n) is 3.76. The van der Waals surface area contributed by atoms with Crippen molar-refractivity contribution in [1.29, 1.82) is 0 Å². The minimum atomic E-state index is 0.374. The third kappa shape index (κ3) is 1.30. The summed E-state index contributed by atoms with van der Waals surface area (Å²) in [4.78, 5) is 0. The monoisotopic (exact) mass is 208 g/mol. The Morgan fingerprint density at radius 3 is 2.64 bits per heavy atom. The van der Waals surface area contributed by atoms with Crippen molar-refractivity contribution in [3.05, 3.63) is 28.9 Å². The highest BCUT2D eigenvalue weighted by Crippen LogP contribution is 2.27. The van der Waals surface area contributed by atoms with Gasteiger partial charge < -0.3 is 0 Å². The molecule has 2 aromatic rings. The largest absolute Gasteiger partial charge is 0.266 e. The van der Waals surface area contributed by atoms with Crippen LogP contribution in [0.5, 0.6) is 0 Å². The van der Waals surface area contributed by atoms with Crippen LogP contribution < -0.4 is 0 Å². The van der Waals surface area contributed by atoms with E-state index in [0.717, 1.165) is 21.6 Å². The van der Waals surface area contributed by atoms with Crippen molar-refractivity contribution in [2.75, 3.05) is 0 Å². The van der Waals surface area contributed by atoms with Crippen LogP contribution in [-0.4, -0.2) is 9.78 Å². The van der Waals surface area contributed by atoms with Crippen molar-refractivity contribution in [3.63, 3.8) is 0 Å². The maximum absolute atomic E-state index is 6.13. The molecule has 0 atom stereocenters. The molecule has 1 heterocycles. The number of rotatable bonds is 1. The van der Waals surface area contributed by atoms with Crippen LogP contribution >= 0.6 is 11.6 Å². The lowest BCUT2D eigenvalue weighted by atomic mass is 10.2. The van der Waals surface area contributed by atoms with Gasteiger partial charge in [-0.25, -0.2) is 0 Å². The fraction of sp³-hybridized carbons (Fsp3) is 0.364. The van der Waals surface area contributed by atoms with Crippen LogP contribution in [0.4, 0.5) is 0 Å². The van der Waals surface area contributed by atoms with E-state index in [4.69, 9.17) is 11.6 Å². The molecule has 0 saturated carbocycles. The highest BCUT2D eigenvalue weighted by molar-refractivity contribution is 6.35. The molecule has 1 aromatic carbocycles. The van der Waals surface area contributed by atoms with E-state index < -0.39 is 0 Å². The number of hydrogen-bond acceptors (Lipinski definition) is 1. The Hall–Kier alpha value is -1.02. The maximum atomic E-state index is 6.13. The van der Waals surface area contributed by atoms with Crippen molar-refractivity contribution in [2.24, 2.45) is 0 Å². The van der Waals surface area contributed by atoms with Gasteiger partial charge in [0.25, 0.3) is 0 Å². The summed E-state index contributed by atoms with van der Waals surface area (Å²) in [6.07, 6.45) is 0. The van der Waals surface area contributed by atoms with E-state index in [9.17, 15) is 0 Å². The third-order valence-electron chi connectivity index (χ3n) is 2.40. The first-order valence-electron chi connectivity index (χ1n) is 4.74. The number of aromatic nitrogens is 2. The zero-order valence-electron chi connectivity index (χ0n) is 8.58. The average Bonchev–Trinajstić information content (AvgIpc) is 2.45. The van der Waals surface area contributed by atoms with Crippen LogP contribution in [-0.2, 0) is 0 Å². The van der Waals surface area contributed by atoms with Crippen LogP contribution in [0.25, 0.3) is 10.9 Å². The smallest absolute Gasteiger partial charge is 0.0941 e. The topological polar surface area (TPSA) is 17.8 Å². The molecule has 2 rings (SSSR count). The predicted molar refractivity (Wildman–Crippen MR) is 59.9 cm³/mol. The molecular weight excluding hydrogens is 196 g/mol. The summed E-state index contributed by atoms with van der Waals surface area (Å²) in [5.41, 5.74) is 2.12. The fourth-order valence-electron chi connectivity index (χ4n) is 1.76. The van der Waals surface area contributed by atoms with Gasteiger partial charge in [-0.05, 0) is 32.9 Å². The van der Waals surface area contributed by atoms with E-state index in [1.807, 2.05) is 22.9 Å². The minimum absolute atomic E-state index is 0.374. The summed E-state index contributed by atoms with van der Waals surface area (Å²) in [5, 5.41) is 6.36. The normalized spacial score (nSPS) is 11.5. The molecule has 0 bridgehead atoms. The lowest BCUT2D eigenvalue weighted by Crippen LogP contribution is -2.04. The van der Waals surface area contributed by atoms with Crippen LogP contribution in [0.3, 0.4) is 0 Å². The maximum Gasteiger partial charge on any atom is 0.0941 e. The summed E-state index contributed by atoms with van der Waals surface area (Å²) >= 11 is 6.13. The second kappa shape index (κ2) is 3.28. The van der Waals surface area contributed by atoms with E-state index in [-0.39, 0.29) is 0 Å². The Labute approximate surface area is 88.5 Å². The molecule has 0 aliphatic heterocycles. The Morgan fingerprint density at radius 1 is 1.36 bits per heavy atom. The number of fused-ring (bicyclic) bond motifs is 1. The van der Waals surface area contributed by atoms with Crippen molar-refractivity contribution in [3.8, 4) is 0 Å². The van der Waals surface area contributed by atoms with Gasteiger partial charge in [0.1, 0.15) is 0 Å². The summed E-state index contributed by atoms with van der Waals surface area (Å²) in [5.74, 6) is 0. The Balaban J connectivity index is 2.81. The standard InChI is InChI=1S/C11H13ClN2/c1-7(2)14-8(3)11-9(12)5-4-6-10(11)13-14/h4-7H,1-3H3. The summed E-state index contributed by atoms with van der Waals surface area (Å²) < 4.78 is 2.01. The first-order valence-corrected chi connectivity index (χ1v) is 5.12. The molecule has 14 heavy (non-hydrogen) atoms. The van der Waals surface area contributed by atoms with E-state index in [0.29, 0.717) is 6.04 Å². The van der Waals surface area contributed by atoms with E-state index in [1.54, 1.807) is 0 Å². The molecule has 0 aliphatic carbocycles. The van der Waals surface area contributed by atoms with Gasteiger partial charge in [-0.2, -0.15) is 5.10 Å². The molecule has 0 aliphatic rings. The molecular formula is C11H13ClN2. The van der Waals surface area contributed by atoms with Gasteiger partial charge in [-0.3, -0.25) is 4.68 Å². The van der Waals surface area contributed by atoms with Gasteiger partial charge in [-0.15, -0.1) is 0 Å². The molecule has 3 heteroatoms. The zero-order chi connectivity index (χ0) is 10.3. The molecule has 0 fully saturated rings. The molecule has 0 N–H and O–H groups in total. The number of aryl methyl sites for hydroxylation is 1. The van der Waals surface area contributed by atoms with Crippen LogP contribution in [0.1, 0.15) is 25.6 Å². The fourth-order valence-corrected chi connectivity index (χ4v) is 2.07. The van der Waals surface area contributed by atoms with Crippen LogP contribution in [0.15, 0.2) is 18.2 Å². The van der Waals surface area contributed by atoms with E-state index in [1.165, 1.54) is 0 Å². The molecule has 0 amide bonds. The Bertz CT molecular complexity index is 471. The van der Waals surface area contributed by atoms with Crippen LogP contribution in [0.2, 0.25) is 5.02 Å². The van der Waals surface area contributed by atoms with Crippen molar-refractivity contribution >= 4 is 22.5 Å². The lowest BCUT2D eigenvalue weighted by Gasteiger charge is -2.07. The highest BCUT2D eigenvalue weighted by Gasteiger charge is 2.11. The number of benzene rings is 1. The van der Waals surface area contributed by atoms with Gasteiger partial charge in [0.2, 0.25) is 0 Å². The van der Waals surface area contributed by atoms with Crippen molar-refractivity contribution in [2.45, 2.75) is 26.8 Å². The third-order valence-corrected chi connectivity index (χ3v) is 2.72. The quantitative estimate of drug-likeness (QED) is 0.701. The lowest BCUT2D eigenvalue weighted by molar-refractivity contribution is 0.524. The zero-order valence-corrected chi connectivity index (χ0v) is 9.34. The first kappa shape index (κ1) is 9.53. The number of hydrogen-bond donors (Lipinski definition) is 0. The highest BCUT2D eigenvalue weighted by atomic mass is 35.5. The summed E-state index contributed by atoms with van der Waals surface area (Å²) in [7, 11) is 0. The summed E-state index contributed by atoms with van der Waals surface area (Å²) in [6.45, 7) is 6.29. The van der Waals surface area contributed by atoms with Gasteiger partial charge in [0.05, 0.1) is 10.5 Å². The minimum Gasteiger partial charge on any atom is -0.266 e. The molecule has 74 valence electrons. The molecule has 0 unspecified atom stereocenters. The van der Waals surface area contributed by atoms with E-state index >= 15 is 0 Å². The summed E-state index contributed by atoms with van der Waals surface area (Å²) in [6, 6.07) is 6.21. The Kier molecular flexibility index (Phi) is 2.23. The van der Waals surface area contributed by atoms with Gasteiger partial charge in [-0.1, -0.05) is 17.7 Å². The number of halogens is 1. The second-order valence-corrected chi connectivity index (χ2v) is 4.16. The molecule has 0 saturated heterocycles. The van der Waals surface area contributed by atoms with Gasteiger partial charge >= 0.3 is 0 Å². The SMILES string of the molecule is Cc1c2c(Cl)cccc2nn1C(C)C. The average molecular weight is 209 g/mol. The van der Waals surface area contributed by atoms with E-state index in [2.05, 4.69) is 25.9 Å². The predicted octanol–water partition coefficient (Wildman–Crippen LogP) is 3.58. The Morgan fingerprint density at radius 2 is 2.07 bits per heavy atom.